The van der Waals surface area contributed by atoms with Gasteiger partial charge in [0.2, 0.25) is 0 Å². The van der Waals surface area contributed by atoms with E-state index in [1.165, 1.54) is 23.5 Å². The summed E-state index contributed by atoms with van der Waals surface area (Å²) in [6.07, 6.45) is -2.21. The third-order valence-electron chi connectivity index (χ3n) is 6.08. The largest absolute Gasteiger partial charge is 0.390 e. The minimum absolute atomic E-state index is 0.112. The molecule has 10 nitrogen and oxygen atoms in total. The molecule has 13 heteroatoms. The van der Waals surface area contributed by atoms with Gasteiger partial charge in [-0.2, -0.15) is 8.42 Å². The molecule has 4 aromatic rings. The van der Waals surface area contributed by atoms with Crippen LogP contribution in [0, 0.1) is 0 Å². The maximum Gasteiger partial charge on any atom is 0.264 e. The molecule has 0 heterocycles. The van der Waals surface area contributed by atoms with E-state index in [1.54, 1.807) is 0 Å². The fraction of sp³-hybridized carbons (Fsp3) is 0.259. The molecule has 4 atom stereocenters. The average Bonchev–Trinajstić information content (AvgIpc) is 2.95. The van der Waals surface area contributed by atoms with Gasteiger partial charge in [-0.3, -0.25) is 4.18 Å². The highest BCUT2D eigenvalue weighted by Crippen LogP contribution is 2.30. The highest BCUT2D eigenvalue weighted by atomic mass is 32.2. The lowest BCUT2D eigenvalue weighted by Gasteiger charge is -2.30. The summed E-state index contributed by atoms with van der Waals surface area (Å²) in [6, 6.07) is 25.2. The SMILES string of the molecule is CS(=O)(=O)O[C@@H]([C@H](O)[C@@H](CSc1ccc2ccccc2c1)N=[N+]=[N-])[C@@H](CSc1ccc2ccccc2c1)N=[N+]=[N-]. The summed E-state index contributed by atoms with van der Waals surface area (Å²) in [6.45, 7) is 0. The Morgan fingerprint density at radius 1 is 0.775 bits per heavy atom. The molecule has 40 heavy (non-hydrogen) atoms. The molecule has 0 saturated heterocycles. The first-order valence-corrected chi connectivity index (χ1v) is 15.9. The van der Waals surface area contributed by atoms with Crippen LogP contribution in [0.3, 0.4) is 0 Å². The molecule has 0 aliphatic rings. The van der Waals surface area contributed by atoms with Gasteiger partial charge in [-0.1, -0.05) is 70.9 Å². The van der Waals surface area contributed by atoms with Gasteiger partial charge >= 0.3 is 0 Å². The monoisotopic (exact) mass is 594 g/mol. The molecule has 0 unspecified atom stereocenters. The van der Waals surface area contributed by atoms with Crippen LogP contribution in [0.2, 0.25) is 0 Å². The van der Waals surface area contributed by atoms with E-state index < -0.39 is 34.4 Å². The standard InChI is InChI=1S/C27H26N6O4S3/c1-40(35,36)37-27(25(31-33-29)17-39-23-13-11-19-7-3-5-9-21(19)15-23)26(34)24(30-32-28)16-38-22-12-10-18-6-2-4-8-20(18)14-22/h2-15,24-27,34H,16-17H2,1H3/t24-,25-,26-,27-/m1/s1. The number of thioether (sulfide) groups is 2. The van der Waals surface area contributed by atoms with Crippen LogP contribution in [0.25, 0.3) is 42.4 Å². The second kappa shape index (κ2) is 13.8. The van der Waals surface area contributed by atoms with Crippen LogP contribution in [0.5, 0.6) is 0 Å². The first kappa shape index (κ1) is 29.6. The van der Waals surface area contributed by atoms with Gasteiger partial charge in [0.05, 0.1) is 24.4 Å². The molecule has 0 aliphatic heterocycles. The second-order valence-electron chi connectivity index (χ2n) is 8.94. The van der Waals surface area contributed by atoms with Crippen molar-refractivity contribution in [1.82, 2.24) is 0 Å². The fourth-order valence-electron chi connectivity index (χ4n) is 4.17. The molecule has 206 valence electrons. The summed E-state index contributed by atoms with van der Waals surface area (Å²) in [5, 5.41) is 23.0. The first-order valence-electron chi connectivity index (χ1n) is 12.2. The van der Waals surface area contributed by atoms with Gasteiger partial charge in [-0.15, -0.1) is 23.5 Å². The minimum atomic E-state index is -4.08. The van der Waals surface area contributed by atoms with E-state index in [4.69, 9.17) is 4.18 Å². The summed E-state index contributed by atoms with van der Waals surface area (Å²) in [5.41, 5.74) is 18.5. The zero-order chi connectivity index (χ0) is 28.5. The number of benzene rings is 4. The van der Waals surface area contributed by atoms with Crippen molar-refractivity contribution >= 4 is 55.2 Å². The number of aliphatic hydroxyl groups excluding tert-OH is 1. The van der Waals surface area contributed by atoms with Gasteiger partial charge in [0.25, 0.3) is 10.1 Å². The van der Waals surface area contributed by atoms with Crippen molar-refractivity contribution in [2.75, 3.05) is 17.8 Å². The number of azide groups is 2. The zero-order valence-electron chi connectivity index (χ0n) is 21.4. The molecule has 0 bridgehead atoms. The third kappa shape index (κ3) is 8.06. The van der Waals surface area contributed by atoms with Gasteiger partial charge < -0.3 is 5.11 Å². The van der Waals surface area contributed by atoms with Crippen molar-refractivity contribution in [3.05, 3.63) is 106 Å². The van der Waals surface area contributed by atoms with Crippen LogP contribution in [-0.4, -0.2) is 55.6 Å². The lowest BCUT2D eigenvalue weighted by molar-refractivity contribution is 0.0183. The Morgan fingerprint density at radius 3 is 1.70 bits per heavy atom. The Bertz CT molecular complexity index is 1690. The maximum atomic E-state index is 12.2. The van der Waals surface area contributed by atoms with E-state index >= 15 is 0 Å². The number of rotatable bonds is 13. The summed E-state index contributed by atoms with van der Waals surface area (Å²) >= 11 is 2.68. The smallest absolute Gasteiger partial charge is 0.264 e. The molecule has 0 aromatic heterocycles. The molecule has 4 rings (SSSR count). The summed E-state index contributed by atoms with van der Waals surface area (Å²) in [5.74, 6) is 0.244. The topological polar surface area (TPSA) is 161 Å². The van der Waals surface area contributed by atoms with Crippen molar-refractivity contribution < 1.29 is 17.7 Å². The van der Waals surface area contributed by atoms with E-state index in [-0.39, 0.29) is 11.5 Å². The van der Waals surface area contributed by atoms with E-state index in [2.05, 4.69) is 20.1 Å². The van der Waals surface area contributed by atoms with Crippen LogP contribution < -0.4 is 0 Å². The number of fused-ring (bicyclic) bond motifs is 2. The normalized spacial score (nSPS) is 14.6. The second-order valence-corrected chi connectivity index (χ2v) is 12.7. The van der Waals surface area contributed by atoms with E-state index in [1.807, 2.05) is 84.9 Å². The molecule has 0 radical (unpaired) electrons. The highest BCUT2D eigenvalue weighted by Gasteiger charge is 2.36. The predicted octanol–water partition coefficient (Wildman–Crippen LogP) is 6.94. The van der Waals surface area contributed by atoms with Crippen LogP contribution in [0.15, 0.2) is 105 Å². The molecule has 1 N–H and O–H groups in total. The molecule has 0 amide bonds. The molecule has 0 fully saturated rings. The molecule has 4 aromatic carbocycles. The maximum absolute atomic E-state index is 12.2. The quantitative estimate of drug-likeness (QED) is 0.0579. The molecule has 0 spiro atoms. The number of aliphatic hydroxyl groups is 1. The third-order valence-corrected chi connectivity index (χ3v) is 8.84. The Balaban J connectivity index is 1.55. The van der Waals surface area contributed by atoms with Gasteiger partial charge in [0.1, 0.15) is 6.10 Å². The van der Waals surface area contributed by atoms with Crippen molar-refractivity contribution in [1.29, 1.82) is 0 Å². The summed E-state index contributed by atoms with van der Waals surface area (Å²) in [4.78, 5) is 7.48. The summed E-state index contributed by atoms with van der Waals surface area (Å²) < 4.78 is 29.6. The first-order chi connectivity index (χ1) is 19.3. The van der Waals surface area contributed by atoms with Gasteiger partial charge in [-0.25, -0.2) is 0 Å². The van der Waals surface area contributed by atoms with Crippen LogP contribution in [-0.2, 0) is 14.3 Å². The van der Waals surface area contributed by atoms with E-state index in [0.717, 1.165) is 37.6 Å². The van der Waals surface area contributed by atoms with Crippen LogP contribution >= 0.6 is 23.5 Å². The van der Waals surface area contributed by atoms with Crippen molar-refractivity contribution in [3.8, 4) is 0 Å². The van der Waals surface area contributed by atoms with E-state index in [9.17, 15) is 24.6 Å². The van der Waals surface area contributed by atoms with Gasteiger partial charge in [0, 0.05) is 31.1 Å². The number of nitrogens with zero attached hydrogens (tertiary/aromatic N) is 6. The highest BCUT2D eigenvalue weighted by molar-refractivity contribution is 7.99. The van der Waals surface area contributed by atoms with Crippen molar-refractivity contribution in [3.63, 3.8) is 0 Å². The van der Waals surface area contributed by atoms with Crippen molar-refractivity contribution in [2.24, 2.45) is 10.2 Å². The molecular weight excluding hydrogens is 569 g/mol. The molecule has 0 saturated carbocycles. The minimum Gasteiger partial charge on any atom is -0.390 e. The van der Waals surface area contributed by atoms with Crippen LogP contribution in [0.4, 0.5) is 0 Å². The Hall–Kier alpha value is -3.41. The Kier molecular flexibility index (Phi) is 10.2. The zero-order valence-corrected chi connectivity index (χ0v) is 23.8. The lowest BCUT2D eigenvalue weighted by Crippen LogP contribution is -2.47. The Morgan fingerprint density at radius 2 is 1.23 bits per heavy atom. The van der Waals surface area contributed by atoms with E-state index in [0.29, 0.717) is 0 Å². The van der Waals surface area contributed by atoms with Gasteiger partial charge in [-0.05, 0) is 56.9 Å². The van der Waals surface area contributed by atoms with Crippen molar-refractivity contribution in [2.45, 2.75) is 34.1 Å². The number of hydrogen-bond donors (Lipinski definition) is 1. The fourth-order valence-corrected chi connectivity index (χ4v) is 6.82. The van der Waals surface area contributed by atoms with Gasteiger partial charge in [0.15, 0.2) is 0 Å². The lowest BCUT2D eigenvalue weighted by atomic mass is 10.0. The molecule has 0 aliphatic carbocycles. The molecular formula is C27H26N6O4S3. The number of hydrogen-bond acceptors (Lipinski definition) is 8. The predicted molar refractivity (Wildman–Crippen MR) is 161 cm³/mol. The average molecular weight is 595 g/mol. The summed E-state index contributed by atoms with van der Waals surface area (Å²) in [7, 11) is -4.08. The van der Waals surface area contributed by atoms with Crippen LogP contribution in [0.1, 0.15) is 0 Å². The Labute approximate surface area is 240 Å².